The van der Waals surface area contributed by atoms with Gasteiger partial charge in [0, 0.05) is 58.0 Å². The van der Waals surface area contributed by atoms with E-state index in [4.69, 9.17) is 90.6 Å². The number of esters is 5. The van der Waals surface area contributed by atoms with Crippen LogP contribution in [0.1, 0.15) is 44.7 Å². The fraction of sp³-hybridized carbons (Fsp3) is 0.583. The van der Waals surface area contributed by atoms with Gasteiger partial charge < -0.3 is 86.4 Å². The minimum atomic E-state index is -1.03. The number of carbonyl (C=O) groups excluding carboxylic acids is 7. The van der Waals surface area contributed by atoms with Crippen molar-refractivity contribution in [2.75, 3.05) is 172 Å². The van der Waals surface area contributed by atoms with Crippen LogP contribution < -0.4 is 29.6 Å². The van der Waals surface area contributed by atoms with Crippen molar-refractivity contribution >= 4 is 76.6 Å². The normalized spacial score (nSPS) is 17.5. The number of nitrogens with zero attached hydrogens (tertiary/aromatic N) is 2. The lowest BCUT2D eigenvalue weighted by Crippen LogP contribution is -2.43. The second-order valence-electron chi connectivity index (χ2n) is 19.4. The van der Waals surface area contributed by atoms with E-state index >= 15 is 0 Å². The third-order valence-electron chi connectivity index (χ3n) is 11.7. The molecule has 4 aliphatic heterocycles. The minimum absolute atomic E-state index is 0.00582. The number of benzene rings is 2. The number of nitrogens with one attached hydrogen (secondary N) is 2. The third kappa shape index (κ3) is 38.8. The zero-order valence-electron chi connectivity index (χ0n) is 55.0. The van der Waals surface area contributed by atoms with E-state index in [0.717, 1.165) is 11.8 Å². The van der Waals surface area contributed by atoms with E-state index < -0.39 is 63.6 Å². The molecule has 0 fully saturated rings. The Kier molecular flexibility index (Phi) is 46.2. The standard InChI is InChI=1S/C28H40N2O15S.C24H36N2O13S.C8H10O3/c1-20(2)27(32)43-18-39-11-13-41-24-14-21-16-46-17-22(28(33)36-3)29-26(31)4-5-44-45-19-40-9-8-37-6-7-38-10-12-42-25(24)15-23(21)30(34)35;1-31-5-11-36-21-13-18-15-40-16-19(24(28)32-2)25-23(27)3-4-38-39-17-35-9-8-33-6-7-34-10-12-37-22(21)14-20(18)26(29)30;1-5(2)7(9)11-8(10)6(3)4/h14-15,22H,1,4-13,16-19H2,2-3H3,(H,29,31);13-14,19H,3-12,15-17H2,1-2H3,(H,25,27);1,3H2,2,4H3. The second kappa shape index (κ2) is 52.5. The highest BCUT2D eigenvalue weighted by Crippen LogP contribution is 2.38. The summed E-state index contributed by atoms with van der Waals surface area (Å²) in [4.78, 5) is 124. The first-order valence-corrected chi connectivity index (χ1v) is 31.9. The molecule has 6 rings (SSSR count). The molecule has 4 heterocycles. The lowest BCUT2D eigenvalue weighted by atomic mass is 10.2. The van der Waals surface area contributed by atoms with Crippen LogP contribution in [0.3, 0.4) is 0 Å². The fourth-order valence-corrected chi connectivity index (χ4v) is 8.90. The Morgan fingerprint density at radius 1 is 0.526 bits per heavy atom. The average molecular weight is 1420 g/mol. The van der Waals surface area contributed by atoms with Gasteiger partial charge in [-0.1, -0.05) is 19.7 Å². The molecule has 0 aromatic heterocycles. The quantitative estimate of drug-likeness (QED) is 0.0214. The number of carbonyl (C=O) groups is 7. The van der Waals surface area contributed by atoms with E-state index in [0.29, 0.717) is 37.7 Å². The van der Waals surface area contributed by atoms with Crippen molar-refractivity contribution in [3.8, 4) is 23.0 Å². The first-order chi connectivity index (χ1) is 46.6. The second-order valence-corrected chi connectivity index (χ2v) is 21.5. The SMILES string of the molecule is C=C(C)C(=O)OC(=O)C(=C)C.C=C(C)C(=O)OCOCCOc1cc2c([N+](=O)[O-])cc1OCCOCCOCCOCOOCCC(=O)NC(C(=O)OC)CSC2.COCCOc1cc2c([N+](=O)[O-])cc1OCCOCCOCCOCOOCCC(=O)NC(C(=O)OC)CSC2. The maximum Gasteiger partial charge on any atom is 0.340 e. The minimum Gasteiger partial charge on any atom is -0.487 e. The van der Waals surface area contributed by atoms with Crippen molar-refractivity contribution in [3.05, 3.63) is 92.1 Å². The number of ether oxygens (including phenoxy) is 16. The van der Waals surface area contributed by atoms with E-state index in [1.165, 1.54) is 78.1 Å². The summed E-state index contributed by atoms with van der Waals surface area (Å²) in [5.74, 6) is -3.21. The summed E-state index contributed by atoms with van der Waals surface area (Å²) in [5.41, 5.74) is 0.811. The molecule has 0 radical (unpaired) electrons. The summed E-state index contributed by atoms with van der Waals surface area (Å²) in [7, 11) is 3.91. The van der Waals surface area contributed by atoms with Crippen LogP contribution >= 0.6 is 23.5 Å². The largest absolute Gasteiger partial charge is 0.487 e. The summed E-state index contributed by atoms with van der Waals surface area (Å²) in [6.07, 6.45) is -0.203. The molecule has 4 bridgehead atoms. The molecule has 0 aliphatic carbocycles. The predicted octanol–water partition coefficient (Wildman–Crippen LogP) is 4.15. The lowest BCUT2D eigenvalue weighted by molar-refractivity contribution is -0.385. The zero-order valence-corrected chi connectivity index (χ0v) is 56.7. The summed E-state index contributed by atoms with van der Waals surface area (Å²) in [6, 6.07) is 3.51. The smallest absolute Gasteiger partial charge is 0.340 e. The Morgan fingerprint density at radius 3 is 1.28 bits per heavy atom. The van der Waals surface area contributed by atoms with Crippen molar-refractivity contribution in [1.29, 1.82) is 0 Å². The number of nitro groups is 2. The lowest BCUT2D eigenvalue weighted by Gasteiger charge is -2.17. The number of fused-ring (bicyclic) bond motifs is 44. The molecule has 2 atom stereocenters. The summed E-state index contributed by atoms with van der Waals surface area (Å²) in [5, 5.41) is 29.0. The fourth-order valence-electron chi connectivity index (χ4n) is 6.86. The maximum atomic E-state index is 12.4. The summed E-state index contributed by atoms with van der Waals surface area (Å²) < 4.78 is 84.3. The molecule has 0 spiro atoms. The van der Waals surface area contributed by atoms with Crippen LogP contribution in [0.15, 0.2) is 60.7 Å². The first kappa shape index (κ1) is 85.5. The van der Waals surface area contributed by atoms with Gasteiger partial charge in [-0.2, -0.15) is 23.5 Å². The van der Waals surface area contributed by atoms with Crippen molar-refractivity contribution < 1.29 is 139 Å². The van der Waals surface area contributed by atoms with Crippen LogP contribution in [-0.4, -0.2) is 236 Å². The van der Waals surface area contributed by atoms with Crippen molar-refractivity contribution in [3.63, 3.8) is 0 Å². The number of amides is 2. The van der Waals surface area contributed by atoms with Crippen LogP contribution in [0.2, 0.25) is 0 Å². The van der Waals surface area contributed by atoms with Crippen LogP contribution in [0, 0.1) is 20.2 Å². The molecule has 4 aliphatic rings. The summed E-state index contributed by atoms with van der Waals surface area (Å²) >= 11 is 2.36. The molecular formula is C60H86N4O31S2. The maximum absolute atomic E-state index is 12.4. The van der Waals surface area contributed by atoms with Gasteiger partial charge in [-0.25, -0.2) is 43.5 Å². The van der Waals surface area contributed by atoms with Gasteiger partial charge in [0.2, 0.25) is 11.8 Å². The third-order valence-corrected chi connectivity index (χ3v) is 13.8. The van der Waals surface area contributed by atoms with Gasteiger partial charge in [0.05, 0.1) is 142 Å². The molecule has 2 aromatic rings. The Bertz CT molecular complexity index is 2790. The van der Waals surface area contributed by atoms with E-state index in [1.807, 2.05) is 0 Å². The number of rotatable bonds is 17. The van der Waals surface area contributed by atoms with Crippen LogP contribution in [0.4, 0.5) is 11.4 Å². The van der Waals surface area contributed by atoms with Crippen molar-refractivity contribution in [2.24, 2.45) is 0 Å². The van der Waals surface area contributed by atoms with Gasteiger partial charge >= 0.3 is 29.8 Å². The number of nitro benzene ring substituents is 2. The van der Waals surface area contributed by atoms with Crippen molar-refractivity contribution in [1.82, 2.24) is 10.6 Å². The van der Waals surface area contributed by atoms with E-state index in [1.54, 1.807) is 0 Å². The first-order valence-electron chi connectivity index (χ1n) is 29.6. The number of thioether (sulfide) groups is 2. The molecule has 544 valence electrons. The Labute approximate surface area is 568 Å². The average Bonchev–Trinajstić information content (AvgIpc) is 0.831. The zero-order chi connectivity index (χ0) is 71.6. The van der Waals surface area contributed by atoms with Gasteiger partial charge in [0.15, 0.2) is 43.4 Å². The summed E-state index contributed by atoms with van der Waals surface area (Å²) in [6.45, 7) is 17.0. The number of hydrogen-bond acceptors (Lipinski definition) is 33. The monoisotopic (exact) mass is 1420 g/mol. The van der Waals surface area contributed by atoms with Gasteiger partial charge in [-0.05, 0) is 32.9 Å². The van der Waals surface area contributed by atoms with E-state index in [9.17, 15) is 53.8 Å². The Hall–Kier alpha value is -7.63. The Morgan fingerprint density at radius 2 is 0.907 bits per heavy atom. The Balaban J connectivity index is 0.000000574. The van der Waals surface area contributed by atoms with Crippen LogP contribution in [-0.2, 0) is 121 Å². The van der Waals surface area contributed by atoms with Gasteiger partial charge in [0.25, 0.3) is 11.4 Å². The molecule has 35 nitrogen and oxygen atoms in total. The van der Waals surface area contributed by atoms with Gasteiger partial charge in [0.1, 0.15) is 38.5 Å². The molecule has 2 amide bonds. The van der Waals surface area contributed by atoms with Crippen molar-refractivity contribution in [2.45, 2.75) is 57.2 Å². The molecule has 0 saturated carbocycles. The van der Waals surface area contributed by atoms with E-state index in [2.05, 4.69) is 35.1 Å². The number of methoxy groups -OCH3 is 3. The van der Waals surface area contributed by atoms with Gasteiger partial charge in [-0.3, -0.25) is 29.8 Å². The molecule has 2 unspecified atom stereocenters. The highest BCUT2D eigenvalue weighted by atomic mass is 32.2. The van der Waals surface area contributed by atoms with E-state index in [-0.39, 0.29) is 200 Å². The molecule has 2 aromatic carbocycles. The van der Waals surface area contributed by atoms with Crippen LogP contribution in [0.5, 0.6) is 23.0 Å². The highest BCUT2D eigenvalue weighted by molar-refractivity contribution is 7.98. The molecular weight excluding hydrogens is 1340 g/mol. The topological polar surface area (TPSA) is 414 Å². The molecule has 97 heavy (non-hydrogen) atoms. The molecule has 0 saturated heterocycles. The predicted molar refractivity (Wildman–Crippen MR) is 341 cm³/mol. The highest BCUT2D eigenvalue weighted by Gasteiger charge is 2.27. The molecule has 2 N–H and O–H groups in total. The van der Waals surface area contributed by atoms with Crippen LogP contribution in [0.25, 0.3) is 0 Å². The number of hydrogen-bond donors (Lipinski definition) is 2. The van der Waals surface area contributed by atoms with Gasteiger partial charge in [-0.15, -0.1) is 0 Å². The molecule has 37 heteroatoms.